The maximum Gasteiger partial charge on any atom is 0.416 e. The van der Waals surface area contributed by atoms with Crippen molar-refractivity contribution in [3.63, 3.8) is 0 Å². The van der Waals surface area contributed by atoms with Crippen LogP contribution in [0.15, 0.2) is 18.2 Å². The fourth-order valence-electron chi connectivity index (χ4n) is 2.08. The van der Waals surface area contributed by atoms with Gasteiger partial charge in [-0.2, -0.15) is 13.2 Å². The molecule has 0 bridgehead atoms. The van der Waals surface area contributed by atoms with Gasteiger partial charge in [0.05, 0.1) is 12.2 Å². The Labute approximate surface area is 113 Å². The Kier molecular flexibility index (Phi) is 5.76. The summed E-state index contributed by atoms with van der Waals surface area (Å²) in [5, 5.41) is 0. The number of rotatable bonds is 6. The van der Waals surface area contributed by atoms with Crippen LogP contribution in [-0.2, 0) is 6.18 Å². The summed E-state index contributed by atoms with van der Waals surface area (Å²) in [6.07, 6.45) is -2.29. The monoisotopic (exact) mass is 272 g/mol. The van der Waals surface area contributed by atoms with Crippen LogP contribution >= 0.6 is 0 Å². The summed E-state index contributed by atoms with van der Waals surface area (Å²) in [4.78, 5) is 0. The maximum atomic E-state index is 12.7. The van der Waals surface area contributed by atoms with Gasteiger partial charge in [0.2, 0.25) is 0 Å². The molecule has 0 aromatic heterocycles. The molecule has 0 atom stereocenters. The molecule has 0 saturated heterocycles. The van der Waals surface area contributed by atoms with Crippen molar-refractivity contribution >= 4 is 12.7 Å². The van der Waals surface area contributed by atoms with Crippen molar-refractivity contribution in [2.24, 2.45) is 0 Å². The molecule has 19 heavy (non-hydrogen) atoms. The Bertz CT molecular complexity index is 400. The molecule has 1 aromatic carbocycles. The van der Waals surface area contributed by atoms with E-state index in [2.05, 4.69) is 13.8 Å². The van der Waals surface area contributed by atoms with Crippen LogP contribution in [0, 0.1) is 0 Å². The Balaban J connectivity index is 3.04. The fourth-order valence-corrected chi connectivity index (χ4v) is 2.08. The summed E-state index contributed by atoms with van der Waals surface area (Å²) in [5.41, 5.74) is 0.216. The van der Waals surface area contributed by atoms with Crippen LogP contribution in [0.25, 0.3) is 0 Å². The van der Waals surface area contributed by atoms with Crippen molar-refractivity contribution in [1.82, 2.24) is 0 Å². The van der Waals surface area contributed by atoms with Crippen molar-refractivity contribution in [1.29, 1.82) is 0 Å². The van der Waals surface area contributed by atoms with Gasteiger partial charge in [-0.15, -0.1) is 0 Å². The van der Waals surface area contributed by atoms with Gasteiger partial charge in [0.15, 0.2) is 7.28 Å². The lowest BCUT2D eigenvalue weighted by molar-refractivity contribution is -0.137. The second-order valence-electron chi connectivity index (χ2n) is 4.64. The van der Waals surface area contributed by atoms with E-state index in [4.69, 9.17) is 4.74 Å². The maximum absolute atomic E-state index is 12.7. The molecule has 0 fully saturated rings. The number of hydrogen-bond acceptors (Lipinski definition) is 1. The minimum absolute atomic E-state index is 0.365. The van der Waals surface area contributed by atoms with Gasteiger partial charge >= 0.3 is 6.18 Å². The first kappa shape index (κ1) is 15.9. The lowest BCUT2D eigenvalue weighted by Gasteiger charge is -2.16. The van der Waals surface area contributed by atoms with E-state index in [0.717, 1.165) is 37.7 Å². The van der Waals surface area contributed by atoms with Crippen LogP contribution in [0.1, 0.15) is 39.2 Å². The predicted molar refractivity (Wildman–Crippen MR) is 73.7 cm³/mol. The average molecular weight is 272 g/mol. The molecule has 0 spiro atoms. The van der Waals surface area contributed by atoms with Gasteiger partial charge in [0, 0.05) is 0 Å². The summed E-state index contributed by atoms with van der Waals surface area (Å²) in [6.45, 7) is 6.34. The third-order valence-corrected chi connectivity index (χ3v) is 3.36. The van der Waals surface area contributed by atoms with Crippen LogP contribution in [0.3, 0.4) is 0 Å². The van der Waals surface area contributed by atoms with E-state index in [9.17, 15) is 13.2 Å². The summed E-state index contributed by atoms with van der Waals surface area (Å²) in [7, 11) is 0.764. The van der Waals surface area contributed by atoms with Gasteiger partial charge in [-0.25, -0.2) is 0 Å². The molecule has 1 nitrogen and oxygen atoms in total. The van der Waals surface area contributed by atoms with Crippen LogP contribution in [0.4, 0.5) is 13.2 Å². The Morgan fingerprint density at radius 2 is 1.79 bits per heavy atom. The largest absolute Gasteiger partial charge is 0.494 e. The second kappa shape index (κ2) is 6.87. The second-order valence-corrected chi connectivity index (χ2v) is 4.64. The van der Waals surface area contributed by atoms with Crippen molar-refractivity contribution in [2.45, 2.75) is 45.6 Å². The number of ether oxygens (including phenoxy) is 1. The normalized spacial score (nSPS) is 11.7. The van der Waals surface area contributed by atoms with Crippen molar-refractivity contribution in [3.05, 3.63) is 23.8 Å². The first-order chi connectivity index (χ1) is 8.92. The summed E-state index contributed by atoms with van der Waals surface area (Å²) in [5.74, 6) is 0.847. The summed E-state index contributed by atoms with van der Waals surface area (Å²) in [6, 6.07) is 3.80. The van der Waals surface area contributed by atoms with Crippen LogP contribution in [-0.4, -0.2) is 13.9 Å². The predicted octanol–water partition coefficient (Wildman–Crippen LogP) is 3.77. The summed E-state index contributed by atoms with van der Waals surface area (Å²) >= 11 is 0. The van der Waals surface area contributed by atoms with E-state index in [1.807, 2.05) is 0 Å². The smallest absolute Gasteiger partial charge is 0.416 e. The van der Waals surface area contributed by atoms with E-state index in [0.29, 0.717) is 18.2 Å². The van der Waals surface area contributed by atoms with E-state index < -0.39 is 11.7 Å². The minimum Gasteiger partial charge on any atom is -0.494 e. The molecule has 0 aliphatic heterocycles. The number of benzene rings is 1. The molecule has 0 amide bonds. The molecule has 0 saturated carbocycles. The fraction of sp³-hybridized carbons (Fsp3) is 0.571. The lowest BCUT2D eigenvalue weighted by Crippen LogP contribution is -2.23. The molecule has 0 heterocycles. The molecule has 1 rings (SSSR count). The third-order valence-electron chi connectivity index (χ3n) is 3.36. The Morgan fingerprint density at radius 1 is 1.16 bits per heavy atom. The van der Waals surface area contributed by atoms with Crippen LogP contribution < -0.4 is 10.2 Å². The minimum atomic E-state index is -4.32. The van der Waals surface area contributed by atoms with Crippen molar-refractivity contribution in [2.75, 3.05) is 6.61 Å². The standard InChI is InChI=1S/C14H20BF3O/c1-4-11(5-2)15-12-8-7-10(14(16,17)18)9-13(12)19-6-3/h7-9,11,15H,4-6H2,1-3H3. The molecule has 106 valence electrons. The molecule has 0 radical (unpaired) electrons. The highest BCUT2D eigenvalue weighted by Gasteiger charge is 2.31. The Hall–Kier alpha value is -1.13. The zero-order valence-electron chi connectivity index (χ0n) is 11.7. The van der Waals surface area contributed by atoms with E-state index in [1.165, 1.54) is 0 Å². The van der Waals surface area contributed by atoms with Gasteiger partial charge < -0.3 is 4.74 Å². The van der Waals surface area contributed by atoms with E-state index in [1.54, 1.807) is 13.0 Å². The van der Waals surface area contributed by atoms with E-state index >= 15 is 0 Å². The van der Waals surface area contributed by atoms with Gasteiger partial charge in [0.1, 0.15) is 5.75 Å². The molecular formula is C14H20BF3O. The van der Waals surface area contributed by atoms with Gasteiger partial charge in [-0.1, -0.05) is 44.6 Å². The lowest BCUT2D eigenvalue weighted by atomic mass is 9.57. The molecule has 1 aromatic rings. The van der Waals surface area contributed by atoms with E-state index in [-0.39, 0.29) is 0 Å². The quantitative estimate of drug-likeness (QED) is 0.716. The van der Waals surface area contributed by atoms with Crippen LogP contribution in [0.5, 0.6) is 5.75 Å². The molecule has 0 aliphatic rings. The Morgan fingerprint density at radius 3 is 2.26 bits per heavy atom. The number of hydrogen-bond donors (Lipinski definition) is 0. The zero-order chi connectivity index (χ0) is 14.5. The zero-order valence-corrected chi connectivity index (χ0v) is 11.7. The van der Waals surface area contributed by atoms with Gasteiger partial charge in [0.25, 0.3) is 0 Å². The van der Waals surface area contributed by atoms with Gasteiger partial charge in [-0.05, 0) is 18.5 Å². The SMILES string of the molecule is CCOc1cc(C(F)(F)F)ccc1BC(CC)CC. The van der Waals surface area contributed by atoms with Crippen molar-refractivity contribution < 1.29 is 17.9 Å². The molecule has 0 unspecified atom stereocenters. The first-order valence-electron chi connectivity index (χ1n) is 6.75. The topological polar surface area (TPSA) is 9.23 Å². The highest BCUT2D eigenvalue weighted by molar-refractivity contribution is 6.56. The highest BCUT2D eigenvalue weighted by atomic mass is 19.4. The molecule has 5 heteroatoms. The number of alkyl halides is 3. The van der Waals surface area contributed by atoms with Crippen LogP contribution in [0.2, 0.25) is 5.82 Å². The molecule has 0 N–H and O–H groups in total. The highest BCUT2D eigenvalue weighted by Crippen LogP contribution is 2.31. The average Bonchev–Trinajstić information content (AvgIpc) is 2.36. The summed E-state index contributed by atoms with van der Waals surface area (Å²) < 4.78 is 43.4. The number of halogens is 3. The van der Waals surface area contributed by atoms with Gasteiger partial charge in [-0.3, -0.25) is 0 Å². The van der Waals surface area contributed by atoms with Crippen molar-refractivity contribution in [3.8, 4) is 5.75 Å². The first-order valence-corrected chi connectivity index (χ1v) is 6.75. The third kappa shape index (κ3) is 4.48. The molecular weight excluding hydrogens is 252 g/mol. The molecule has 0 aliphatic carbocycles.